The maximum Gasteiger partial charge on any atom is 0.354 e. The van der Waals surface area contributed by atoms with Gasteiger partial charge in [0.05, 0.1) is 17.1 Å². The van der Waals surface area contributed by atoms with Crippen molar-refractivity contribution in [3.63, 3.8) is 0 Å². The van der Waals surface area contributed by atoms with Crippen molar-refractivity contribution >= 4 is 5.97 Å². The third-order valence-electron chi connectivity index (χ3n) is 4.48. The molecule has 0 aliphatic rings. The van der Waals surface area contributed by atoms with Crippen LogP contribution in [-0.4, -0.2) is 21.0 Å². The second kappa shape index (κ2) is 7.16. The minimum atomic E-state index is -1.14. The molecule has 3 rings (SSSR count). The Morgan fingerprint density at radius 1 is 1.04 bits per heavy atom. The van der Waals surface area contributed by atoms with Gasteiger partial charge < -0.3 is 5.11 Å². The van der Waals surface area contributed by atoms with Gasteiger partial charge in [0.2, 0.25) is 0 Å². The van der Waals surface area contributed by atoms with Gasteiger partial charge in [-0.05, 0) is 50.2 Å². The van der Waals surface area contributed by atoms with E-state index in [0.717, 1.165) is 6.07 Å². The highest BCUT2D eigenvalue weighted by atomic mass is 19.1. The number of aromatic nitrogens is 2. The van der Waals surface area contributed by atoms with Crippen LogP contribution in [0.3, 0.4) is 0 Å². The van der Waals surface area contributed by atoms with Gasteiger partial charge in [0, 0.05) is 11.0 Å². The number of aromatic carboxylic acids is 1. The highest BCUT2D eigenvalue weighted by Gasteiger charge is 2.28. The quantitative estimate of drug-likeness (QED) is 0.730. The molecule has 0 fully saturated rings. The number of carbonyl (C=O) groups is 1. The summed E-state index contributed by atoms with van der Waals surface area (Å²) < 4.78 is 28.1. The van der Waals surface area contributed by atoms with E-state index in [0.29, 0.717) is 11.4 Å². The molecule has 1 N–H and O–H groups in total. The van der Waals surface area contributed by atoms with E-state index in [1.165, 1.54) is 18.2 Å². The van der Waals surface area contributed by atoms with Crippen LogP contribution in [0.2, 0.25) is 0 Å². The van der Waals surface area contributed by atoms with Gasteiger partial charge in [-0.15, -0.1) is 0 Å². The Bertz CT molecular complexity index is 1120. The Morgan fingerprint density at radius 3 is 2.32 bits per heavy atom. The molecule has 0 saturated carbocycles. The van der Waals surface area contributed by atoms with E-state index >= 15 is 0 Å². The van der Waals surface area contributed by atoms with Crippen molar-refractivity contribution in [3.8, 4) is 17.3 Å². The summed E-state index contributed by atoms with van der Waals surface area (Å²) in [5.41, 5.74) is -0.311. The van der Waals surface area contributed by atoms with Crippen molar-refractivity contribution in [3.05, 3.63) is 82.8 Å². The number of benzene rings is 1. The normalized spacial score (nSPS) is 11.1. The van der Waals surface area contributed by atoms with Crippen LogP contribution in [0.5, 0.6) is 0 Å². The first-order chi connectivity index (χ1) is 13.3. The fourth-order valence-corrected chi connectivity index (χ4v) is 2.82. The standard InChI is InChI=1S/C21H15F2N3O2/c1-21(2,18-8-4-6-16(26-18)20(27)28)17-7-3-5-15(25-17)12-9-10-14(22)13(11-24)19(12)23/h3-10H,1-2H3,(H,27,28). The van der Waals surface area contributed by atoms with Crippen LogP contribution >= 0.6 is 0 Å². The first-order valence-electron chi connectivity index (χ1n) is 8.32. The van der Waals surface area contributed by atoms with Gasteiger partial charge in [0.15, 0.2) is 5.82 Å². The lowest BCUT2D eigenvalue weighted by Crippen LogP contribution is -2.23. The van der Waals surface area contributed by atoms with Crippen molar-refractivity contribution in [2.45, 2.75) is 19.3 Å². The molecule has 2 heterocycles. The van der Waals surface area contributed by atoms with Crippen LogP contribution in [-0.2, 0) is 5.41 Å². The lowest BCUT2D eigenvalue weighted by molar-refractivity contribution is 0.0690. The molecular weight excluding hydrogens is 364 g/mol. The summed E-state index contributed by atoms with van der Waals surface area (Å²) in [6.07, 6.45) is 0. The molecule has 140 valence electrons. The molecule has 0 bridgehead atoms. The number of pyridine rings is 2. The van der Waals surface area contributed by atoms with Crippen molar-refractivity contribution in [2.75, 3.05) is 0 Å². The zero-order valence-corrected chi connectivity index (χ0v) is 15.1. The molecule has 7 heteroatoms. The molecule has 5 nitrogen and oxygen atoms in total. The summed E-state index contributed by atoms with van der Waals surface area (Å²) in [6, 6.07) is 13.4. The number of carboxylic acids is 1. The zero-order valence-electron chi connectivity index (χ0n) is 15.1. The van der Waals surface area contributed by atoms with Gasteiger partial charge in [-0.2, -0.15) is 5.26 Å². The number of rotatable bonds is 4. The van der Waals surface area contributed by atoms with Crippen LogP contribution in [0.15, 0.2) is 48.5 Å². The summed E-state index contributed by atoms with van der Waals surface area (Å²) >= 11 is 0. The first-order valence-corrected chi connectivity index (χ1v) is 8.32. The molecule has 28 heavy (non-hydrogen) atoms. The number of hydrogen-bond donors (Lipinski definition) is 1. The molecular formula is C21H15F2N3O2. The second-order valence-corrected chi connectivity index (χ2v) is 6.64. The summed E-state index contributed by atoms with van der Waals surface area (Å²) in [4.78, 5) is 19.8. The smallest absolute Gasteiger partial charge is 0.354 e. The first kappa shape index (κ1) is 19.1. The van der Waals surface area contributed by atoms with E-state index in [-0.39, 0.29) is 17.0 Å². The predicted molar refractivity (Wildman–Crippen MR) is 97.6 cm³/mol. The highest BCUT2D eigenvalue weighted by Crippen LogP contribution is 2.32. The minimum absolute atomic E-state index is 0.00264. The molecule has 0 atom stereocenters. The summed E-state index contributed by atoms with van der Waals surface area (Å²) in [5, 5.41) is 18.1. The van der Waals surface area contributed by atoms with Crippen LogP contribution < -0.4 is 0 Å². The largest absolute Gasteiger partial charge is 0.477 e. The fourth-order valence-electron chi connectivity index (χ4n) is 2.82. The van der Waals surface area contributed by atoms with Crippen molar-refractivity contribution in [1.29, 1.82) is 5.26 Å². The van der Waals surface area contributed by atoms with Gasteiger partial charge in [-0.3, -0.25) is 4.98 Å². The highest BCUT2D eigenvalue weighted by molar-refractivity contribution is 5.85. The van der Waals surface area contributed by atoms with E-state index in [2.05, 4.69) is 9.97 Å². The number of carboxylic acid groups (broad SMARTS) is 1. The molecule has 2 aromatic heterocycles. The molecule has 0 radical (unpaired) electrons. The van der Waals surface area contributed by atoms with Crippen LogP contribution in [0.1, 0.15) is 41.3 Å². The SMILES string of the molecule is CC(C)(c1cccc(C(=O)O)n1)c1cccc(-c2ccc(F)c(C#N)c2F)n1. The second-order valence-electron chi connectivity index (χ2n) is 6.64. The molecule has 0 unspecified atom stereocenters. The molecule has 0 aliphatic heterocycles. The van der Waals surface area contributed by atoms with Gasteiger partial charge in [-0.25, -0.2) is 18.6 Å². The van der Waals surface area contributed by atoms with Gasteiger partial charge in [0.1, 0.15) is 23.1 Å². The van der Waals surface area contributed by atoms with Crippen molar-refractivity contribution < 1.29 is 18.7 Å². The topological polar surface area (TPSA) is 86.9 Å². The Kier molecular flexibility index (Phi) is 4.89. The molecule has 0 amide bonds. The number of nitrogens with zero attached hydrogens (tertiary/aromatic N) is 3. The molecule has 0 spiro atoms. The van der Waals surface area contributed by atoms with E-state index in [4.69, 9.17) is 10.4 Å². The number of nitriles is 1. The lowest BCUT2D eigenvalue weighted by Gasteiger charge is -2.24. The van der Waals surface area contributed by atoms with E-state index < -0.39 is 28.6 Å². The Morgan fingerprint density at radius 2 is 1.68 bits per heavy atom. The molecule has 3 aromatic rings. The van der Waals surface area contributed by atoms with Crippen molar-refractivity contribution in [1.82, 2.24) is 9.97 Å². The van der Waals surface area contributed by atoms with E-state index in [1.807, 2.05) is 13.8 Å². The predicted octanol–water partition coefficient (Wildman–Crippen LogP) is 4.32. The average molecular weight is 379 g/mol. The van der Waals surface area contributed by atoms with Crippen LogP contribution in [0.4, 0.5) is 8.78 Å². The Balaban J connectivity index is 2.10. The third kappa shape index (κ3) is 3.32. The molecule has 0 aliphatic carbocycles. The van der Waals surface area contributed by atoms with Crippen LogP contribution in [0.25, 0.3) is 11.3 Å². The molecule has 0 saturated heterocycles. The van der Waals surface area contributed by atoms with E-state index in [1.54, 1.807) is 30.3 Å². The lowest BCUT2D eigenvalue weighted by atomic mass is 9.84. The van der Waals surface area contributed by atoms with Crippen molar-refractivity contribution in [2.24, 2.45) is 0 Å². The fraction of sp³-hybridized carbons (Fsp3) is 0.143. The summed E-state index contributed by atoms with van der Waals surface area (Å²) in [6.45, 7) is 3.63. The number of hydrogen-bond acceptors (Lipinski definition) is 4. The van der Waals surface area contributed by atoms with Gasteiger partial charge >= 0.3 is 5.97 Å². The monoisotopic (exact) mass is 379 g/mol. The number of halogens is 2. The zero-order chi connectivity index (χ0) is 20.5. The summed E-state index contributed by atoms with van der Waals surface area (Å²) in [5.74, 6) is -3.05. The Labute approximate surface area is 159 Å². The maximum atomic E-state index is 14.5. The van der Waals surface area contributed by atoms with Crippen LogP contribution in [0, 0.1) is 23.0 Å². The summed E-state index contributed by atoms with van der Waals surface area (Å²) in [7, 11) is 0. The van der Waals surface area contributed by atoms with Gasteiger partial charge in [-0.1, -0.05) is 12.1 Å². The average Bonchev–Trinajstić information content (AvgIpc) is 2.68. The Hall–Kier alpha value is -3.66. The third-order valence-corrected chi connectivity index (χ3v) is 4.48. The maximum absolute atomic E-state index is 14.5. The minimum Gasteiger partial charge on any atom is -0.477 e. The molecule has 1 aromatic carbocycles. The van der Waals surface area contributed by atoms with E-state index in [9.17, 15) is 13.6 Å². The van der Waals surface area contributed by atoms with Gasteiger partial charge in [0.25, 0.3) is 0 Å².